The third-order valence-corrected chi connectivity index (χ3v) is 6.44. The van der Waals surface area contributed by atoms with E-state index in [2.05, 4.69) is 29.1 Å². The topological polar surface area (TPSA) is 58.1 Å². The van der Waals surface area contributed by atoms with Crippen LogP contribution in [0.4, 0.5) is 11.4 Å². The molecule has 1 aromatic carbocycles. The summed E-state index contributed by atoms with van der Waals surface area (Å²) in [5.41, 5.74) is 3.11. The number of hydrogen-bond donors (Lipinski definition) is 1. The fraction of sp³-hybridized carbons (Fsp3) is 0.350. The zero-order valence-corrected chi connectivity index (χ0v) is 17.9. The highest BCUT2D eigenvalue weighted by atomic mass is 32.2. The summed E-state index contributed by atoms with van der Waals surface area (Å²) in [6.07, 6.45) is 0.782. The van der Waals surface area contributed by atoms with Crippen molar-refractivity contribution in [3.05, 3.63) is 40.5 Å². The van der Waals surface area contributed by atoms with E-state index in [4.69, 9.17) is 0 Å². The third-order valence-electron chi connectivity index (χ3n) is 4.37. The van der Waals surface area contributed by atoms with Gasteiger partial charge in [0.15, 0.2) is 0 Å². The molecule has 0 spiro atoms. The molecule has 27 heavy (non-hydrogen) atoms. The summed E-state index contributed by atoms with van der Waals surface area (Å²) in [4.78, 5) is 26.0. The molecular formula is C20H24N4OS2. The van der Waals surface area contributed by atoms with Gasteiger partial charge in [0.1, 0.15) is 15.7 Å². The van der Waals surface area contributed by atoms with Crippen molar-refractivity contribution in [1.82, 2.24) is 9.97 Å². The molecule has 0 unspecified atom stereocenters. The van der Waals surface area contributed by atoms with Crippen LogP contribution >= 0.6 is 23.1 Å². The van der Waals surface area contributed by atoms with Crippen LogP contribution in [0, 0.1) is 13.8 Å². The van der Waals surface area contributed by atoms with E-state index in [1.54, 1.807) is 11.3 Å². The standard InChI is InChI=1S/C20H24N4OS2/c1-6-16-22-19(18-12(2)13(3)27-20(18)23-16)26-11-17(25)21-14-7-9-15(10-8-14)24(4)5/h7-10H,6,11H2,1-5H3,(H,21,25). The molecule has 0 saturated heterocycles. The normalized spacial score (nSPS) is 11.0. The first-order valence-electron chi connectivity index (χ1n) is 8.85. The van der Waals surface area contributed by atoms with Gasteiger partial charge in [0, 0.05) is 42.2 Å². The summed E-state index contributed by atoms with van der Waals surface area (Å²) in [5.74, 6) is 1.11. The number of hydrogen-bond acceptors (Lipinski definition) is 6. The average molecular weight is 401 g/mol. The van der Waals surface area contributed by atoms with E-state index in [0.29, 0.717) is 5.75 Å². The molecule has 2 aromatic heterocycles. The number of fused-ring (bicyclic) bond motifs is 1. The molecule has 0 aliphatic carbocycles. The molecule has 1 amide bonds. The molecule has 0 aliphatic rings. The first kappa shape index (κ1) is 19.6. The van der Waals surface area contributed by atoms with E-state index in [1.807, 2.05) is 50.2 Å². The van der Waals surface area contributed by atoms with Crippen LogP contribution in [0.1, 0.15) is 23.2 Å². The Labute approximate surface area is 168 Å². The fourth-order valence-corrected chi connectivity index (χ4v) is 4.71. The van der Waals surface area contributed by atoms with Crippen LogP contribution in [0.15, 0.2) is 29.3 Å². The Morgan fingerprint density at radius 2 is 1.89 bits per heavy atom. The second kappa shape index (κ2) is 8.27. The molecule has 5 nitrogen and oxygen atoms in total. The van der Waals surface area contributed by atoms with Crippen molar-refractivity contribution in [3.8, 4) is 0 Å². The number of aryl methyl sites for hydroxylation is 3. The van der Waals surface area contributed by atoms with Crippen LogP contribution in [-0.4, -0.2) is 35.7 Å². The highest BCUT2D eigenvalue weighted by molar-refractivity contribution is 8.00. The number of carbonyl (C=O) groups excluding carboxylic acids is 1. The first-order valence-corrected chi connectivity index (χ1v) is 10.7. The van der Waals surface area contributed by atoms with Crippen molar-refractivity contribution in [2.75, 3.05) is 30.1 Å². The summed E-state index contributed by atoms with van der Waals surface area (Å²) in [5, 5.41) is 4.94. The van der Waals surface area contributed by atoms with Crippen molar-refractivity contribution >= 4 is 50.6 Å². The van der Waals surface area contributed by atoms with Gasteiger partial charge in [0.2, 0.25) is 5.91 Å². The monoisotopic (exact) mass is 400 g/mol. The lowest BCUT2D eigenvalue weighted by Gasteiger charge is -2.13. The van der Waals surface area contributed by atoms with Crippen molar-refractivity contribution < 1.29 is 4.79 Å². The number of aromatic nitrogens is 2. The average Bonchev–Trinajstić information content (AvgIpc) is 2.94. The second-order valence-electron chi connectivity index (χ2n) is 6.54. The van der Waals surface area contributed by atoms with Gasteiger partial charge >= 0.3 is 0 Å². The SMILES string of the molecule is CCc1nc(SCC(=O)Nc2ccc(N(C)C)cc2)c2c(C)c(C)sc2n1. The molecule has 0 fully saturated rings. The number of rotatable bonds is 6. The molecule has 2 heterocycles. The number of thiophene rings is 1. The number of carbonyl (C=O) groups is 1. The molecule has 3 rings (SSSR count). The zero-order chi connectivity index (χ0) is 19.6. The lowest BCUT2D eigenvalue weighted by atomic mass is 10.2. The van der Waals surface area contributed by atoms with Gasteiger partial charge < -0.3 is 10.2 Å². The Morgan fingerprint density at radius 1 is 1.19 bits per heavy atom. The number of thioether (sulfide) groups is 1. The Kier molecular flexibility index (Phi) is 6.01. The summed E-state index contributed by atoms with van der Waals surface area (Å²) in [6, 6.07) is 7.81. The Bertz CT molecular complexity index is 964. The molecule has 142 valence electrons. The van der Waals surface area contributed by atoms with Gasteiger partial charge in [-0.25, -0.2) is 9.97 Å². The molecule has 0 aliphatic heterocycles. The number of nitrogens with one attached hydrogen (secondary N) is 1. The molecular weight excluding hydrogens is 376 g/mol. The largest absolute Gasteiger partial charge is 0.378 e. The van der Waals surface area contributed by atoms with Gasteiger partial charge in [0.05, 0.1) is 5.75 Å². The molecule has 0 saturated carbocycles. The van der Waals surface area contributed by atoms with Gasteiger partial charge in [-0.15, -0.1) is 11.3 Å². The quantitative estimate of drug-likeness (QED) is 0.481. The summed E-state index contributed by atoms with van der Waals surface area (Å²) < 4.78 is 0. The molecule has 0 bridgehead atoms. The Hall–Kier alpha value is -2.12. The van der Waals surface area contributed by atoms with Gasteiger partial charge in [-0.05, 0) is 43.7 Å². The maximum atomic E-state index is 12.4. The molecule has 3 aromatic rings. The van der Waals surface area contributed by atoms with Crippen LogP contribution < -0.4 is 10.2 Å². The van der Waals surface area contributed by atoms with E-state index in [0.717, 1.165) is 38.9 Å². The van der Waals surface area contributed by atoms with Crippen molar-refractivity contribution in [1.29, 1.82) is 0 Å². The Balaban J connectivity index is 1.73. The van der Waals surface area contributed by atoms with E-state index < -0.39 is 0 Å². The Morgan fingerprint density at radius 3 is 2.52 bits per heavy atom. The predicted molar refractivity (Wildman–Crippen MR) is 116 cm³/mol. The number of anilines is 2. The van der Waals surface area contributed by atoms with E-state index in [-0.39, 0.29) is 5.91 Å². The summed E-state index contributed by atoms with van der Waals surface area (Å²) in [6.45, 7) is 6.25. The van der Waals surface area contributed by atoms with E-state index in [9.17, 15) is 4.79 Å². The van der Waals surface area contributed by atoms with Crippen LogP contribution in [0.5, 0.6) is 0 Å². The predicted octanol–water partition coefficient (Wildman–Crippen LogP) is 4.67. The highest BCUT2D eigenvalue weighted by Gasteiger charge is 2.15. The van der Waals surface area contributed by atoms with Crippen LogP contribution in [-0.2, 0) is 11.2 Å². The van der Waals surface area contributed by atoms with Crippen LogP contribution in [0.3, 0.4) is 0 Å². The summed E-state index contributed by atoms with van der Waals surface area (Å²) in [7, 11) is 3.98. The molecule has 7 heteroatoms. The van der Waals surface area contributed by atoms with Gasteiger partial charge in [-0.1, -0.05) is 18.7 Å². The zero-order valence-electron chi connectivity index (χ0n) is 16.3. The van der Waals surface area contributed by atoms with Crippen LogP contribution in [0.25, 0.3) is 10.2 Å². The summed E-state index contributed by atoms with van der Waals surface area (Å²) >= 11 is 3.17. The van der Waals surface area contributed by atoms with Gasteiger partial charge in [-0.2, -0.15) is 0 Å². The first-order chi connectivity index (χ1) is 12.9. The molecule has 1 N–H and O–H groups in total. The minimum atomic E-state index is -0.0352. The maximum absolute atomic E-state index is 12.4. The molecule has 0 atom stereocenters. The second-order valence-corrected chi connectivity index (χ2v) is 8.71. The minimum absolute atomic E-state index is 0.0352. The highest BCUT2D eigenvalue weighted by Crippen LogP contribution is 2.35. The fourth-order valence-electron chi connectivity index (χ4n) is 2.69. The maximum Gasteiger partial charge on any atom is 0.234 e. The van der Waals surface area contributed by atoms with E-state index in [1.165, 1.54) is 22.2 Å². The smallest absolute Gasteiger partial charge is 0.234 e. The van der Waals surface area contributed by atoms with Crippen LogP contribution in [0.2, 0.25) is 0 Å². The van der Waals surface area contributed by atoms with Crippen molar-refractivity contribution in [3.63, 3.8) is 0 Å². The lowest BCUT2D eigenvalue weighted by Crippen LogP contribution is -2.14. The number of benzene rings is 1. The van der Waals surface area contributed by atoms with Gasteiger partial charge in [-0.3, -0.25) is 4.79 Å². The van der Waals surface area contributed by atoms with Gasteiger partial charge in [0.25, 0.3) is 0 Å². The molecule has 0 radical (unpaired) electrons. The number of amides is 1. The van der Waals surface area contributed by atoms with Crippen molar-refractivity contribution in [2.24, 2.45) is 0 Å². The third kappa shape index (κ3) is 4.42. The number of nitrogens with zero attached hydrogens (tertiary/aromatic N) is 3. The van der Waals surface area contributed by atoms with E-state index >= 15 is 0 Å². The lowest BCUT2D eigenvalue weighted by molar-refractivity contribution is -0.113. The minimum Gasteiger partial charge on any atom is -0.378 e. The van der Waals surface area contributed by atoms with Crippen molar-refractivity contribution in [2.45, 2.75) is 32.2 Å².